The lowest BCUT2D eigenvalue weighted by Crippen LogP contribution is -2.48. The van der Waals surface area contributed by atoms with Gasteiger partial charge in [0.1, 0.15) is 0 Å². The van der Waals surface area contributed by atoms with Crippen molar-refractivity contribution in [3.05, 3.63) is 54.4 Å². The molecule has 0 spiro atoms. The number of rotatable bonds is 6. The minimum absolute atomic E-state index is 0.438. The van der Waals surface area contributed by atoms with Crippen LogP contribution in [-0.4, -0.2) is 62.1 Å². The molecule has 2 aromatic rings. The van der Waals surface area contributed by atoms with E-state index in [1.807, 2.05) is 13.1 Å². The first-order chi connectivity index (χ1) is 12.1. The number of primary amides is 1. The van der Waals surface area contributed by atoms with Crippen molar-refractivity contribution in [1.29, 1.82) is 0 Å². The second-order valence-corrected chi connectivity index (χ2v) is 6.34. The summed E-state index contributed by atoms with van der Waals surface area (Å²) < 4.78 is 0. The molecule has 0 aliphatic carbocycles. The molecule has 0 atom stereocenters. The first-order valence-corrected chi connectivity index (χ1v) is 8.62. The molecule has 3 rings (SSSR count). The fraction of sp³-hybridized carbons (Fsp3) is 0.368. The summed E-state index contributed by atoms with van der Waals surface area (Å²) >= 11 is 0. The number of benzene rings is 1. The van der Waals surface area contributed by atoms with Crippen LogP contribution in [0, 0.1) is 0 Å². The van der Waals surface area contributed by atoms with Gasteiger partial charge in [0.05, 0.1) is 11.3 Å². The number of pyridine rings is 1. The standard InChI is InChI=1S/C19H25N5O/c1-22(18-7-8-21-15-17(18)19(20)25)9-10-23-11-13-24(14-12-23)16-5-3-2-4-6-16/h2-8,15H,9-14H2,1H3,(H2,20,25). The molecule has 2 heterocycles. The van der Waals surface area contributed by atoms with Gasteiger partial charge in [-0.05, 0) is 18.2 Å². The Bertz CT molecular complexity index is 698. The fourth-order valence-corrected chi connectivity index (χ4v) is 3.19. The average molecular weight is 339 g/mol. The van der Waals surface area contributed by atoms with Gasteiger partial charge in [0.25, 0.3) is 5.91 Å². The molecule has 0 saturated carbocycles. The van der Waals surface area contributed by atoms with E-state index in [2.05, 4.69) is 50.0 Å². The summed E-state index contributed by atoms with van der Waals surface area (Å²) in [7, 11) is 1.99. The maximum absolute atomic E-state index is 11.5. The number of likely N-dealkylation sites (N-methyl/N-ethyl adjacent to an activating group) is 1. The van der Waals surface area contributed by atoms with Crippen molar-refractivity contribution < 1.29 is 4.79 Å². The molecule has 0 radical (unpaired) electrons. The zero-order valence-electron chi connectivity index (χ0n) is 14.6. The molecule has 132 valence electrons. The fourth-order valence-electron chi connectivity index (χ4n) is 3.19. The smallest absolute Gasteiger partial charge is 0.252 e. The summed E-state index contributed by atoms with van der Waals surface area (Å²) in [6, 6.07) is 12.4. The third-order valence-corrected chi connectivity index (χ3v) is 4.72. The number of nitrogens with two attached hydrogens (primary N) is 1. The van der Waals surface area contributed by atoms with E-state index in [9.17, 15) is 4.79 Å². The van der Waals surface area contributed by atoms with Crippen LogP contribution in [0.5, 0.6) is 0 Å². The second kappa shape index (κ2) is 7.98. The third kappa shape index (κ3) is 4.28. The number of nitrogens with zero attached hydrogens (tertiary/aromatic N) is 4. The van der Waals surface area contributed by atoms with E-state index in [1.54, 1.807) is 6.20 Å². The summed E-state index contributed by atoms with van der Waals surface area (Å²) in [5.41, 5.74) is 8.04. The SMILES string of the molecule is CN(CCN1CCN(c2ccccc2)CC1)c1ccncc1C(N)=O. The highest BCUT2D eigenvalue weighted by atomic mass is 16.1. The molecule has 1 fully saturated rings. The largest absolute Gasteiger partial charge is 0.373 e. The second-order valence-electron chi connectivity index (χ2n) is 6.34. The number of carbonyl (C=O) groups is 1. The molecule has 1 aliphatic heterocycles. The van der Waals surface area contributed by atoms with Crippen LogP contribution in [0.4, 0.5) is 11.4 Å². The Morgan fingerprint density at radius 1 is 1.16 bits per heavy atom. The third-order valence-electron chi connectivity index (χ3n) is 4.72. The van der Waals surface area contributed by atoms with Crippen LogP contribution in [-0.2, 0) is 0 Å². The number of aromatic nitrogens is 1. The van der Waals surface area contributed by atoms with E-state index in [4.69, 9.17) is 5.73 Å². The minimum Gasteiger partial charge on any atom is -0.373 e. The summed E-state index contributed by atoms with van der Waals surface area (Å²) in [5, 5.41) is 0. The van der Waals surface area contributed by atoms with Crippen LogP contribution in [0.2, 0.25) is 0 Å². The molecule has 1 aliphatic rings. The minimum atomic E-state index is -0.438. The van der Waals surface area contributed by atoms with E-state index in [1.165, 1.54) is 11.9 Å². The maximum atomic E-state index is 11.5. The number of anilines is 2. The predicted octanol–water partition coefficient (Wildman–Crippen LogP) is 1.44. The molecule has 0 bridgehead atoms. The van der Waals surface area contributed by atoms with E-state index in [0.29, 0.717) is 5.56 Å². The first-order valence-electron chi connectivity index (χ1n) is 8.62. The molecular weight excluding hydrogens is 314 g/mol. The molecule has 1 amide bonds. The highest BCUT2D eigenvalue weighted by Gasteiger charge is 2.18. The lowest BCUT2D eigenvalue weighted by atomic mass is 10.2. The van der Waals surface area contributed by atoms with Crippen LogP contribution < -0.4 is 15.5 Å². The highest BCUT2D eigenvalue weighted by Crippen LogP contribution is 2.18. The Balaban J connectivity index is 1.51. The molecular formula is C19H25N5O. The van der Waals surface area contributed by atoms with Gasteiger partial charge in [-0.1, -0.05) is 18.2 Å². The van der Waals surface area contributed by atoms with Gasteiger partial charge in [-0.3, -0.25) is 14.7 Å². The number of para-hydroxylation sites is 1. The van der Waals surface area contributed by atoms with Crippen LogP contribution in [0.3, 0.4) is 0 Å². The lowest BCUT2D eigenvalue weighted by molar-refractivity contribution is 0.100. The molecule has 1 aromatic carbocycles. The Labute approximate surface area is 148 Å². The number of carbonyl (C=O) groups excluding carboxylic acids is 1. The van der Waals surface area contributed by atoms with Crippen molar-refractivity contribution in [2.75, 3.05) is 56.1 Å². The van der Waals surface area contributed by atoms with Crippen molar-refractivity contribution in [3.8, 4) is 0 Å². The summed E-state index contributed by atoms with van der Waals surface area (Å²) in [6.07, 6.45) is 3.23. The van der Waals surface area contributed by atoms with E-state index in [-0.39, 0.29) is 0 Å². The summed E-state index contributed by atoms with van der Waals surface area (Å²) in [4.78, 5) is 22.5. The Morgan fingerprint density at radius 2 is 1.88 bits per heavy atom. The Kier molecular flexibility index (Phi) is 5.50. The Hall–Kier alpha value is -2.60. The predicted molar refractivity (Wildman–Crippen MR) is 101 cm³/mol. The van der Waals surface area contributed by atoms with Gasteiger partial charge >= 0.3 is 0 Å². The van der Waals surface area contributed by atoms with Gasteiger partial charge in [-0.15, -0.1) is 0 Å². The van der Waals surface area contributed by atoms with Crippen LogP contribution in [0.1, 0.15) is 10.4 Å². The molecule has 2 N–H and O–H groups in total. The van der Waals surface area contributed by atoms with E-state index >= 15 is 0 Å². The van der Waals surface area contributed by atoms with Crippen molar-refractivity contribution in [3.63, 3.8) is 0 Å². The Morgan fingerprint density at radius 3 is 2.56 bits per heavy atom. The van der Waals surface area contributed by atoms with Gasteiger partial charge in [-0.2, -0.15) is 0 Å². The summed E-state index contributed by atoms with van der Waals surface area (Å²) in [6.45, 7) is 5.96. The van der Waals surface area contributed by atoms with Gasteiger partial charge < -0.3 is 15.5 Å². The van der Waals surface area contributed by atoms with Crippen LogP contribution in [0.15, 0.2) is 48.8 Å². The number of hydrogen-bond donors (Lipinski definition) is 1. The van der Waals surface area contributed by atoms with Gasteiger partial charge in [0.2, 0.25) is 0 Å². The topological polar surface area (TPSA) is 65.7 Å². The molecule has 0 unspecified atom stereocenters. The zero-order valence-corrected chi connectivity index (χ0v) is 14.6. The van der Waals surface area contributed by atoms with Crippen molar-refractivity contribution in [2.45, 2.75) is 0 Å². The molecule has 1 saturated heterocycles. The van der Waals surface area contributed by atoms with Crippen molar-refractivity contribution in [1.82, 2.24) is 9.88 Å². The van der Waals surface area contributed by atoms with Crippen molar-refractivity contribution in [2.24, 2.45) is 5.73 Å². The first kappa shape index (κ1) is 17.2. The molecule has 25 heavy (non-hydrogen) atoms. The van der Waals surface area contributed by atoms with Crippen molar-refractivity contribution >= 4 is 17.3 Å². The van der Waals surface area contributed by atoms with Crippen LogP contribution in [0.25, 0.3) is 0 Å². The van der Waals surface area contributed by atoms with Gasteiger partial charge in [-0.25, -0.2) is 0 Å². The van der Waals surface area contributed by atoms with Gasteiger partial charge in [0, 0.05) is 64.4 Å². The number of amides is 1. The lowest BCUT2D eigenvalue weighted by Gasteiger charge is -2.37. The average Bonchev–Trinajstić information content (AvgIpc) is 2.67. The monoisotopic (exact) mass is 339 g/mol. The van der Waals surface area contributed by atoms with E-state index < -0.39 is 5.91 Å². The quantitative estimate of drug-likeness (QED) is 0.863. The number of hydrogen-bond acceptors (Lipinski definition) is 5. The maximum Gasteiger partial charge on any atom is 0.252 e. The van der Waals surface area contributed by atoms with Gasteiger partial charge in [0.15, 0.2) is 0 Å². The number of piperazine rings is 1. The van der Waals surface area contributed by atoms with E-state index in [0.717, 1.165) is 45.0 Å². The normalized spacial score (nSPS) is 15.2. The molecule has 6 nitrogen and oxygen atoms in total. The highest BCUT2D eigenvalue weighted by molar-refractivity contribution is 5.98. The molecule has 1 aromatic heterocycles. The summed E-state index contributed by atoms with van der Waals surface area (Å²) in [5.74, 6) is -0.438. The zero-order chi connectivity index (χ0) is 17.6. The molecule has 6 heteroatoms. The van der Waals surface area contributed by atoms with Crippen LogP contribution >= 0.6 is 0 Å².